The number of nitriles is 1. The molecule has 0 saturated heterocycles. The number of aromatic nitrogens is 2. The summed E-state index contributed by atoms with van der Waals surface area (Å²) in [5.41, 5.74) is 5.83. The highest BCUT2D eigenvalue weighted by Crippen LogP contribution is 2.25. The average Bonchev–Trinajstić information content (AvgIpc) is 3.36. The maximum absolute atomic E-state index is 13.5. The average molecular weight is 505 g/mol. The van der Waals surface area contributed by atoms with Gasteiger partial charge in [-0.3, -0.25) is 14.3 Å². The first-order valence-electron chi connectivity index (χ1n) is 12.4. The lowest BCUT2D eigenvalue weighted by Crippen LogP contribution is -2.41. The van der Waals surface area contributed by atoms with Gasteiger partial charge in [0.2, 0.25) is 0 Å². The fraction of sp³-hybridized carbons (Fsp3) is 0.200. The zero-order chi connectivity index (χ0) is 26.6. The molecule has 0 fully saturated rings. The van der Waals surface area contributed by atoms with Crippen molar-refractivity contribution >= 4 is 23.2 Å². The summed E-state index contributed by atoms with van der Waals surface area (Å²) >= 11 is 0. The van der Waals surface area contributed by atoms with Gasteiger partial charge in [-0.25, -0.2) is 0 Å². The van der Waals surface area contributed by atoms with Crippen LogP contribution < -0.4 is 10.2 Å². The second kappa shape index (κ2) is 10.7. The maximum atomic E-state index is 13.5. The number of nitrogens with zero attached hydrogens (tertiary/aromatic N) is 5. The first-order valence-corrected chi connectivity index (χ1v) is 12.4. The number of carbonyl (C=O) groups is 2. The minimum absolute atomic E-state index is 0.205. The molecule has 1 aliphatic rings. The number of carbonyl (C=O) groups excluding carboxylic acids is 2. The van der Waals surface area contributed by atoms with Crippen LogP contribution in [0.1, 0.15) is 43.1 Å². The van der Waals surface area contributed by atoms with Crippen LogP contribution in [0.5, 0.6) is 0 Å². The summed E-state index contributed by atoms with van der Waals surface area (Å²) in [5, 5.41) is 16.1. The molecule has 4 aromatic rings. The number of hydrogen-bond donors (Lipinski definition) is 1. The van der Waals surface area contributed by atoms with E-state index in [1.807, 2.05) is 24.3 Å². The molecule has 5 rings (SSSR count). The van der Waals surface area contributed by atoms with Crippen LogP contribution in [-0.4, -0.2) is 47.1 Å². The number of anilines is 2. The molecular weight excluding hydrogens is 476 g/mol. The van der Waals surface area contributed by atoms with E-state index in [0.29, 0.717) is 24.3 Å². The van der Waals surface area contributed by atoms with Gasteiger partial charge in [-0.2, -0.15) is 10.4 Å². The molecule has 1 aromatic heterocycles. The molecule has 0 aliphatic carbocycles. The van der Waals surface area contributed by atoms with E-state index in [2.05, 4.69) is 59.7 Å². The fourth-order valence-electron chi connectivity index (χ4n) is 4.64. The van der Waals surface area contributed by atoms with Crippen LogP contribution >= 0.6 is 0 Å². The van der Waals surface area contributed by atoms with E-state index < -0.39 is 5.91 Å². The maximum Gasteiger partial charge on any atom is 0.277 e. The van der Waals surface area contributed by atoms with Crippen LogP contribution in [0.4, 0.5) is 11.4 Å². The van der Waals surface area contributed by atoms with Gasteiger partial charge in [0.15, 0.2) is 0 Å². The smallest absolute Gasteiger partial charge is 0.277 e. The Morgan fingerprint density at radius 2 is 1.68 bits per heavy atom. The normalized spacial score (nSPS) is 12.8. The van der Waals surface area contributed by atoms with E-state index in [1.54, 1.807) is 33.8 Å². The van der Waals surface area contributed by atoms with Gasteiger partial charge in [0.25, 0.3) is 11.8 Å². The van der Waals surface area contributed by atoms with Crippen molar-refractivity contribution in [3.8, 4) is 6.07 Å². The van der Waals surface area contributed by atoms with Crippen molar-refractivity contribution in [2.45, 2.75) is 19.5 Å². The molecule has 0 atom stereocenters. The number of rotatable bonds is 7. The van der Waals surface area contributed by atoms with Crippen LogP contribution in [0.3, 0.4) is 0 Å². The van der Waals surface area contributed by atoms with Gasteiger partial charge in [-0.1, -0.05) is 42.5 Å². The van der Waals surface area contributed by atoms with E-state index >= 15 is 0 Å². The Balaban J connectivity index is 1.29. The predicted molar refractivity (Wildman–Crippen MR) is 146 cm³/mol. The zero-order valence-electron chi connectivity index (χ0n) is 21.4. The fourth-order valence-corrected chi connectivity index (χ4v) is 4.64. The lowest BCUT2D eigenvalue weighted by atomic mass is 10.0. The third-order valence-electron chi connectivity index (χ3n) is 6.49. The van der Waals surface area contributed by atoms with Gasteiger partial charge in [-0.15, -0.1) is 0 Å². The number of hydrogen-bond acceptors (Lipinski definition) is 5. The molecule has 1 N–H and O–H groups in total. The minimum atomic E-state index is -0.441. The van der Waals surface area contributed by atoms with Crippen molar-refractivity contribution in [2.24, 2.45) is 0 Å². The van der Waals surface area contributed by atoms with Gasteiger partial charge >= 0.3 is 0 Å². The highest BCUT2D eigenvalue weighted by molar-refractivity contribution is 6.15. The highest BCUT2D eigenvalue weighted by Gasteiger charge is 2.32. The van der Waals surface area contributed by atoms with Gasteiger partial charge in [-0.05, 0) is 67.5 Å². The summed E-state index contributed by atoms with van der Waals surface area (Å²) in [7, 11) is 4.12. The molecule has 0 unspecified atom stereocenters. The molecule has 0 radical (unpaired) electrons. The molecule has 3 aromatic carbocycles. The van der Waals surface area contributed by atoms with E-state index in [1.165, 1.54) is 17.3 Å². The molecular formula is C30H28N6O2. The topological polar surface area (TPSA) is 94.3 Å². The molecule has 8 heteroatoms. The summed E-state index contributed by atoms with van der Waals surface area (Å²) < 4.78 is 1.58. The third-order valence-corrected chi connectivity index (χ3v) is 6.49. The molecule has 0 spiro atoms. The largest absolute Gasteiger partial charge is 0.322 e. The second-order valence-corrected chi connectivity index (χ2v) is 9.63. The lowest BCUT2D eigenvalue weighted by Gasteiger charge is -2.28. The van der Waals surface area contributed by atoms with E-state index in [-0.39, 0.29) is 17.2 Å². The van der Waals surface area contributed by atoms with Crippen molar-refractivity contribution in [1.29, 1.82) is 5.26 Å². The minimum Gasteiger partial charge on any atom is -0.322 e. The summed E-state index contributed by atoms with van der Waals surface area (Å²) in [6, 6.07) is 25.3. The van der Waals surface area contributed by atoms with Gasteiger partial charge in [0.05, 0.1) is 29.9 Å². The van der Waals surface area contributed by atoms with Crippen molar-refractivity contribution in [2.75, 3.05) is 30.9 Å². The standard InChI is InChI=1S/C30H28N6O2/c1-34(2)20-23-8-6-21(7-9-23)16-22-10-12-26(13-11-22)35-14-15-36-28(30(35)38)27(19-32-36)29(37)33-25-5-3-4-24(17-25)18-31/h3-13,17,19H,14-16,20H2,1-2H3,(H,33,37). The first-order chi connectivity index (χ1) is 18.4. The van der Waals surface area contributed by atoms with Crippen LogP contribution in [0.25, 0.3) is 0 Å². The molecule has 0 bridgehead atoms. The lowest BCUT2D eigenvalue weighted by molar-refractivity contribution is 0.0947. The Morgan fingerprint density at radius 3 is 2.37 bits per heavy atom. The number of amides is 2. The van der Waals surface area contributed by atoms with Crippen molar-refractivity contribution in [3.05, 3.63) is 113 Å². The Hall–Kier alpha value is -4.74. The molecule has 0 saturated carbocycles. The Morgan fingerprint density at radius 1 is 1.00 bits per heavy atom. The monoisotopic (exact) mass is 504 g/mol. The Labute approximate surface area is 221 Å². The van der Waals surface area contributed by atoms with Crippen LogP contribution in [0.15, 0.2) is 79.0 Å². The Bertz CT molecular complexity index is 1510. The molecule has 1 aliphatic heterocycles. The second-order valence-electron chi connectivity index (χ2n) is 9.63. The summed E-state index contributed by atoms with van der Waals surface area (Å²) in [6.45, 7) is 1.86. The molecule has 38 heavy (non-hydrogen) atoms. The van der Waals surface area contributed by atoms with Crippen molar-refractivity contribution < 1.29 is 9.59 Å². The quantitative estimate of drug-likeness (QED) is 0.405. The number of fused-ring (bicyclic) bond motifs is 1. The van der Waals surface area contributed by atoms with E-state index in [4.69, 9.17) is 5.26 Å². The van der Waals surface area contributed by atoms with Gasteiger partial charge in [0.1, 0.15) is 5.69 Å². The van der Waals surface area contributed by atoms with Crippen molar-refractivity contribution in [3.63, 3.8) is 0 Å². The molecule has 2 heterocycles. The summed E-state index contributed by atoms with van der Waals surface area (Å²) in [5.74, 6) is -0.711. The van der Waals surface area contributed by atoms with Crippen LogP contribution in [0.2, 0.25) is 0 Å². The van der Waals surface area contributed by atoms with E-state index in [9.17, 15) is 9.59 Å². The Kier molecular flexibility index (Phi) is 7.03. The molecule has 190 valence electrons. The number of benzene rings is 3. The molecule has 2 amide bonds. The first kappa shape index (κ1) is 24.9. The summed E-state index contributed by atoms with van der Waals surface area (Å²) in [6.07, 6.45) is 2.23. The number of nitrogens with one attached hydrogen (secondary N) is 1. The van der Waals surface area contributed by atoms with Crippen LogP contribution in [-0.2, 0) is 19.5 Å². The van der Waals surface area contributed by atoms with Gasteiger partial charge in [0, 0.05) is 24.5 Å². The predicted octanol–water partition coefficient (Wildman–Crippen LogP) is 4.32. The van der Waals surface area contributed by atoms with Crippen LogP contribution in [0, 0.1) is 11.3 Å². The SMILES string of the molecule is CN(C)Cc1ccc(Cc2ccc(N3CCn4ncc(C(=O)Nc5cccc(C#N)c5)c4C3=O)cc2)cc1. The van der Waals surface area contributed by atoms with E-state index in [0.717, 1.165) is 24.2 Å². The van der Waals surface area contributed by atoms with Crippen molar-refractivity contribution in [1.82, 2.24) is 14.7 Å². The summed E-state index contributed by atoms with van der Waals surface area (Å²) in [4.78, 5) is 30.3. The third kappa shape index (κ3) is 5.33. The molecule has 8 nitrogen and oxygen atoms in total. The highest BCUT2D eigenvalue weighted by atomic mass is 16.2. The van der Waals surface area contributed by atoms with Gasteiger partial charge < -0.3 is 15.1 Å². The zero-order valence-corrected chi connectivity index (χ0v) is 21.4.